The molecule has 1 heterocycles. The van der Waals surface area contributed by atoms with Crippen molar-refractivity contribution in [1.29, 1.82) is 0 Å². The number of nitrogens with zero attached hydrogens (tertiary/aromatic N) is 1. The van der Waals surface area contributed by atoms with E-state index in [9.17, 15) is 0 Å². The summed E-state index contributed by atoms with van der Waals surface area (Å²) in [5, 5.41) is 0. The maximum absolute atomic E-state index is 5.84. The van der Waals surface area contributed by atoms with Crippen molar-refractivity contribution in [3.63, 3.8) is 0 Å². The molecule has 84 valence electrons. The zero-order valence-electron chi connectivity index (χ0n) is 9.54. The van der Waals surface area contributed by atoms with Crippen molar-refractivity contribution in [3.8, 4) is 0 Å². The van der Waals surface area contributed by atoms with E-state index in [2.05, 4.69) is 11.8 Å². The van der Waals surface area contributed by atoms with Crippen LogP contribution in [0, 0.1) is 5.92 Å². The van der Waals surface area contributed by atoms with Crippen LogP contribution in [0.3, 0.4) is 0 Å². The molecule has 0 spiro atoms. The summed E-state index contributed by atoms with van der Waals surface area (Å²) in [6.07, 6.45) is 4.04. The first-order valence-corrected chi connectivity index (χ1v) is 5.72. The van der Waals surface area contributed by atoms with Crippen molar-refractivity contribution in [2.75, 3.05) is 33.4 Å². The molecule has 2 N–H and O–H groups in total. The van der Waals surface area contributed by atoms with E-state index in [-0.39, 0.29) is 0 Å². The predicted molar refractivity (Wildman–Crippen MR) is 59.3 cm³/mol. The van der Waals surface area contributed by atoms with E-state index in [4.69, 9.17) is 10.5 Å². The highest BCUT2D eigenvalue weighted by Crippen LogP contribution is 2.17. The molecule has 0 aliphatic carbocycles. The number of methoxy groups -OCH3 is 1. The van der Waals surface area contributed by atoms with Crippen LogP contribution in [0.5, 0.6) is 0 Å². The number of likely N-dealkylation sites (tertiary alicyclic amines) is 1. The predicted octanol–water partition coefficient (Wildman–Crippen LogP) is 1.08. The quantitative estimate of drug-likeness (QED) is 0.722. The first-order valence-electron chi connectivity index (χ1n) is 5.72. The molecule has 0 saturated carbocycles. The van der Waals surface area contributed by atoms with Crippen LogP contribution in [0.1, 0.15) is 26.2 Å². The van der Waals surface area contributed by atoms with Gasteiger partial charge in [-0.2, -0.15) is 0 Å². The zero-order chi connectivity index (χ0) is 10.4. The smallest absolute Gasteiger partial charge is 0.0503 e. The van der Waals surface area contributed by atoms with E-state index < -0.39 is 0 Å². The third kappa shape index (κ3) is 3.23. The van der Waals surface area contributed by atoms with Crippen molar-refractivity contribution >= 4 is 0 Å². The van der Waals surface area contributed by atoms with Gasteiger partial charge in [-0.3, -0.25) is 4.90 Å². The summed E-state index contributed by atoms with van der Waals surface area (Å²) in [5.41, 5.74) is 5.84. The number of ether oxygens (including phenoxy) is 1. The summed E-state index contributed by atoms with van der Waals surface area (Å²) < 4.78 is 5.20. The van der Waals surface area contributed by atoms with Gasteiger partial charge in [0.15, 0.2) is 0 Å². The second kappa shape index (κ2) is 6.38. The van der Waals surface area contributed by atoms with Crippen LogP contribution in [-0.2, 0) is 4.74 Å². The van der Waals surface area contributed by atoms with Crippen LogP contribution in [-0.4, -0.2) is 44.3 Å². The molecule has 3 heteroatoms. The van der Waals surface area contributed by atoms with Gasteiger partial charge in [0.25, 0.3) is 0 Å². The van der Waals surface area contributed by atoms with Crippen molar-refractivity contribution in [3.05, 3.63) is 0 Å². The zero-order valence-corrected chi connectivity index (χ0v) is 9.54. The molecule has 0 radical (unpaired) electrons. The Bertz CT molecular complexity index is 146. The second-order valence-electron chi connectivity index (χ2n) is 4.33. The van der Waals surface area contributed by atoms with Gasteiger partial charge in [-0.1, -0.05) is 13.3 Å². The molecule has 1 aliphatic heterocycles. The number of rotatable bonds is 5. The molecule has 3 nitrogen and oxygen atoms in total. The van der Waals surface area contributed by atoms with Gasteiger partial charge in [-0.25, -0.2) is 0 Å². The number of nitrogens with two attached hydrogens (primary N) is 1. The molecule has 0 aromatic heterocycles. The van der Waals surface area contributed by atoms with Gasteiger partial charge < -0.3 is 10.5 Å². The molecule has 2 unspecified atom stereocenters. The van der Waals surface area contributed by atoms with Crippen molar-refractivity contribution in [2.24, 2.45) is 11.7 Å². The molecule has 1 saturated heterocycles. The number of hydrogen-bond donors (Lipinski definition) is 1. The Kier molecular flexibility index (Phi) is 5.45. The van der Waals surface area contributed by atoms with Gasteiger partial charge in [-0.15, -0.1) is 0 Å². The van der Waals surface area contributed by atoms with E-state index in [1.807, 2.05) is 0 Å². The van der Waals surface area contributed by atoms with Gasteiger partial charge in [0.05, 0.1) is 6.61 Å². The summed E-state index contributed by atoms with van der Waals surface area (Å²) in [4.78, 5) is 2.53. The number of piperidine rings is 1. The minimum atomic E-state index is 0.509. The van der Waals surface area contributed by atoms with E-state index >= 15 is 0 Å². The topological polar surface area (TPSA) is 38.5 Å². The third-order valence-electron chi connectivity index (χ3n) is 3.19. The maximum Gasteiger partial charge on any atom is 0.0503 e. The molecule has 1 rings (SSSR count). The van der Waals surface area contributed by atoms with Crippen LogP contribution in [0.2, 0.25) is 0 Å². The summed E-state index contributed by atoms with van der Waals surface area (Å²) in [6.45, 7) is 6.24. The summed E-state index contributed by atoms with van der Waals surface area (Å²) in [6, 6.07) is 0.509. The lowest BCUT2D eigenvalue weighted by Gasteiger charge is -2.37. The van der Waals surface area contributed by atoms with Crippen molar-refractivity contribution in [1.82, 2.24) is 4.90 Å². The normalized spacial score (nSPS) is 23.4. The van der Waals surface area contributed by atoms with Crippen LogP contribution in [0.4, 0.5) is 0 Å². The fourth-order valence-electron chi connectivity index (χ4n) is 2.37. The highest BCUT2D eigenvalue weighted by molar-refractivity contribution is 4.79. The molecule has 0 amide bonds. The Morgan fingerprint density at radius 3 is 2.43 bits per heavy atom. The van der Waals surface area contributed by atoms with Gasteiger partial charge in [-0.05, 0) is 31.8 Å². The summed E-state index contributed by atoms with van der Waals surface area (Å²) in [7, 11) is 1.76. The summed E-state index contributed by atoms with van der Waals surface area (Å²) in [5.74, 6) is 0.545. The molecule has 14 heavy (non-hydrogen) atoms. The highest BCUT2D eigenvalue weighted by Gasteiger charge is 2.24. The largest absolute Gasteiger partial charge is 0.384 e. The van der Waals surface area contributed by atoms with Crippen LogP contribution in [0.15, 0.2) is 0 Å². The first-order chi connectivity index (χ1) is 6.79. The Labute approximate surface area is 87.6 Å². The number of hydrogen-bond acceptors (Lipinski definition) is 3. The molecule has 0 aromatic carbocycles. The average molecular weight is 200 g/mol. The first kappa shape index (κ1) is 12.0. The fraction of sp³-hybridized carbons (Fsp3) is 1.00. The highest BCUT2D eigenvalue weighted by atomic mass is 16.5. The lowest BCUT2D eigenvalue weighted by Crippen LogP contribution is -2.48. The van der Waals surface area contributed by atoms with Gasteiger partial charge in [0.2, 0.25) is 0 Å². The molecule has 1 fully saturated rings. The van der Waals surface area contributed by atoms with Crippen molar-refractivity contribution in [2.45, 2.75) is 32.2 Å². The van der Waals surface area contributed by atoms with Crippen LogP contribution >= 0.6 is 0 Å². The van der Waals surface area contributed by atoms with Crippen LogP contribution < -0.4 is 5.73 Å². The second-order valence-corrected chi connectivity index (χ2v) is 4.33. The van der Waals surface area contributed by atoms with E-state index in [0.717, 1.165) is 13.2 Å². The lowest BCUT2D eigenvalue weighted by molar-refractivity contribution is 0.0738. The monoisotopic (exact) mass is 200 g/mol. The minimum absolute atomic E-state index is 0.509. The summed E-state index contributed by atoms with van der Waals surface area (Å²) >= 11 is 0. The third-order valence-corrected chi connectivity index (χ3v) is 3.19. The van der Waals surface area contributed by atoms with Gasteiger partial charge in [0.1, 0.15) is 0 Å². The van der Waals surface area contributed by atoms with E-state index in [1.165, 1.54) is 32.4 Å². The molecular formula is C11H24N2O. The SMILES string of the molecule is COCC(C)C(CN)N1CCCCC1. The molecule has 2 atom stereocenters. The minimum Gasteiger partial charge on any atom is -0.384 e. The Morgan fingerprint density at radius 1 is 1.29 bits per heavy atom. The maximum atomic E-state index is 5.84. The Balaban J connectivity index is 2.41. The molecule has 0 aromatic rings. The van der Waals surface area contributed by atoms with E-state index in [0.29, 0.717) is 12.0 Å². The Hall–Kier alpha value is -0.120. The molecular weight excluding hydrogens is 176 g/mol. The standard InChI is InChI=1S/C11H24N2O/c1-10(9-14-2)11(8-12)13-6-4-3-5-7-13/h10-11H,3-9,12H2,1-2H3. The molecule has 1 aliphatic rings. The average Bonchev–Trinajstić information content (AvgIpc) is 2.21. The lowest BCUT2D eigenvalue weighted by atomic mass is 9.98. The molecule has 0 bridgehead atoms. The van der Waals surface area contributed by atoms with Gasteiger partial charge >= 0.3 is 0 Å². The van der Waals surface area contributed by atoms with Crippen molar-refractivity contribution < 1.29 is 4.74 Å². The van der Waals surface area contributed by atoms with Gasteiger partial charge in [0, 0.05) is 19.7 Å². The Morgan fingerprint density at radius 2 is 1.93 bits per heavy atom. The van der Waals surface area contributed by atoms with E-state index in [1.54, 1.807) is 7.11 Å². The van der Waals surface area contributed by atoms with Crippen LogP contribution in [0.25, 0.3) is 0 Å². The fourth-order valence-corrected chi connectivity index (χ4v) is 2.37.